The summed E-state index contributed by atoms with van der Waals surface area (Å²) in [6, 6.07) is 21.6. The van der Waals surface area contributed by atoms with Gasteiger partial charge in [-0.3, -0.25) is 0 Å². The SMILES string of the molecule is c1ccc(O[Si](CCCOCC2CO2)(CCCOCC2CO2)Oc2ccccc2)cc1. The fraction of sp³-hybridized carbons (Fsp3) is 0.500. The van der Waals surface area contributed by atoms with E-state index in [-0.39, 0.29) is 12.2 Å². The van der Waals surface area contributed by atoms with E-state index in [9.17, 15) is 0 Å². The largest absolute Gasteiger partial charge is 0.512 e. The number of hydrogen-bond acceptors (Lipinski definition) is 6. The summed E-state index contributed by atoms with van der Waals surface area (Å²) in [6.45, 7) is 4.34. The summed E-state index contributed by atoms with van der Waals surface area (Å²) in [5.74, 6) is 1.70. The topological polar surface area (TPSA) is 62.0 Å². The van der Waals surface area contributed by atoms with Crippen LogP contribution in [0.4, 0.5) is 0 Å². The Hall–Kier alpha value is -1.90. The van der Waals surface area contributed by atoms with E-state index in [0.717, 1.165) is 49.6 Å². The van der Waals surface area contributed by atoms with Crippen LogP contribution in [0.1, 0.15) is 12.8 Å². The summed E-state index contributed by atoms with van der Waals surface area (Å²) in [7, 11) is -2.62. The summed E-state index contributed by atoms with van der Waals surface area (Å²) < 4.78 is 35.3. The Morgan fingerprint density at radius 1 is 0.677 bits per heavy atom. The summed E-state index contributed by atoms with van der Waals surface area (Å²) in [6.07, 6.45) is 2.34. The Balaban J connectivity index is 1.40. The highest BCUT2D eigenvalue weighted by atomic mass is 28.4. The Morgan fingerprint density at radius 3 is 1.48 bits per heavy atom. The first-order chi connectivity index (χ1) is 15.3. The van der Waals surface area contributed by atoms with Crippen LogP contribution in [0.2, 0.25) is 12.1 Å². The van der Waals surface area contributed by atoms with E-state index in [1.165, 1.54) is 0 Å². The first-order valence-electron chi connectivity index (χ1n) is 11.2. The maximum atomic E-state index is 6.64. The van der Waals surface area contributed by atoms with Crippen LogP contribution in [-0.4, -0.2) is 60.4 Å². The zero-order chi connectivity index (χ0) is 21.2. The molecular weight excluding hydrogens is 412 g/mol. The Kier molecular flexibility index (Phi) is 8.37. The number of hydrogen-bond donors (Lipinski definition) is 0. The van der Waals surface area contributed by atoms with Gasteiger partial charge in [0.15, 0.2) is 0 Å². The molecule has 2 aromatic carbocycles. The van der Waals surface area contributed by atoms with E-state index < -0.39 is 8.56 Å². The zero-order valence-electron chi connectivity index (χ0n) is 17.9. The number of para-hydroxylation sites is 2. The lowest BCUT2D eigenvalue weighted by atomic mass is 10.3. The third-order valence-corrected chi connectivity index (χ3v) is 8.65. The third kappa shape index (κ3) is 8.27. The zero-order valence-corrected chi connectivity index (χ0v) is 18.9. The molecule has 4 rings (SSSR count). The number of rotatable bonds is 16. The molecule has 2 saturated heterocycles. The van der Waals surface area contributed by atoms with Gasteiger partial charge in [0.2, 0.25) is 0 Å². The van der Waals surface area contributed by atoms with Crippen molar-refractivity contribution in [3.05, 3.63) is 60.7 Å². The van der Waals surface area contributed by atoms with E-state index in [4.69, 9.17) is 27.8 Å². The lowest BCUT2D eigenvalue weighted by Gasteiger charge is -2.32. The van der Waals surface area contributed by atoms with Gasteiger partial charge in [-0.25, -0.2) is 0 Å². The molecule has 0 saturated carbocycles. The van der Waals surface area contributed by atoms with Crippen molar-refractivity contribution in [3.8, 4) is 11.5 Å². The summed E-state index contributed by atoms with van der Waals surface area (Å²) in [4.78, 5) is 0. The monoisotopic (exact) mass is 444 g/mol. The fourth-order valence-electron chi connectivity index (χ4n) is 3.40. The number of epoxide rings is 2. The molecule has 0 aliphatic carbocycles. The van der Waals surface area contributed by atoms with Crippen LogP contribution in [0.15, 0.2) is 60.7 Å². The van der Waals surface area contributed by atoms with E-state index in [2.05, 4.69) is 0 Å². The van der Waals surface area contributed by atoms with Crippen LogP contribution in [0.5, 0.6) is 11.5 Å². The van der Waals surface area contributed by atoms with Gasteiger partial charge in [-0.15, -0.1) is 0 Å². The van der Waals surface area contributed by atoms with Crippen LogP contribution in [0, 0.1) is 0 Å². The Labute approximate surface area is 185 Å². The lowest BCUT2D eigenvalue weighted by Crippen LogP contribution is -2.49. The second-order valence-electron chi connectivity index (χ2n) is 8.01. The average Bonchev–Trinajstić information content (AvgIpc) is 3.70. The molecule has 168 valence electrons. The Bertz CT molecular complexity index is 686. The van der Waals surface area contributed by atoms with E-state index >= 15 is 0 Å². The third-order valence-electron chi connectivity index (χ3n) is 5.20. The molecule has 2 heterocycles. The fourth-order valence-corrected chi connectivity index (χ4v) is 6.60. The Morgan fingerprint density at radius 2 is 1.10 bits per heavy atom. The predicted molar refractivity (Wildman–Crippen MR) is 120 cm³/mol. The van der Waals surface area contributed by atoms with Gasteiger partial charge < -0.3 is 27.8 Å². The molecule has 2 atom stereocenters. The molecule has 7 heteroatoms. The number of ether oxygens (including phenoxy) is 4. The normalized spacial score (nSPS) is 19.7. The average molecular weight is 445 g/mol. The van der Waals surface area contributed by atoms with Gasteiger partial charge in [-0.1, -0.05) is 36.4 Å². The minimum atomic E-state index is -2.62. The molecule has 2 fully saturated rings. The van der Waals surface area contributed by atoms with Crippen molar-refractivity contribution in [2.45, 2.75) is 37.1 Å². The second-order valence-corrected chi connectivity index (χ2v) is 11.2. The second kappa shape index (κ2) is 11.6. The first kappa shape index (κ1) is 22.3. The van der Waals surface area contributed by atoms with Crippen molar-refractivity contribution < 1.29 is 27.8 Å². The molecule has 0 bridgehead atoms. The van der Waals surface area contributed by atoms with Crippen LogP contribution in [0.25, 0.3) is 0 Å². The molecule has 2 unspecified atom stereocenters. The molecule has 2 aromatic rings. The van der Waals surface area contributed by atoms with E-state index in [0.29, 0.717) is 26.4 Å². The van der Waals surface area contributed by atoms with Gasteiger partial charge in [-0.05, 0) is 37.1 Å². The molecule has 0 aromatic heterocycles. The molecule has 2 aliphatic heterocycles. The van der Waals surface area contributed by atoms with Gasteiger partial charge in [0, 0.05) is 25.3 Å². The van der Waals surface area contributed by atoms with Gasteiger partial charge in [0.05, 0.1) is 26.4 Å². The highest BCUT2D eigenvalue weighted by Gasteiger charge is 2.41. The van der Waals surface area contributed by atoms with Gasteiger partial charge in [0.25, 0.3) is 0 Å². The number of benzene rings is 2. The molecule has 0 amide bonds. The summed E-state index contributed by atoms with van der Waals surface area (Å²) >= 11 is 0. The molecular formula is C24H32O6Si. The quantitative estimate of drug-likeness (QED) is 0.220. The molecule has 31 heavy (non-hydrogen) atoms. The lowest BCUT2D eigenvalue weighted by molar-refractivity contribution is 0.113. The molecule has 6 nitrogen and oxygen atoms in total. The molecule has 0 N–H and O–H groups in total. The standard InChI is InChI=1S/C24H32O6Si/c1-3-9-21(10-4-1)29-31(30-22-11-5-2-6-12-22,15-7-13-25-17-23-19-27-23)16-8-14-26-18-24-20-28-24/h1-6,9-12,23-24H,7-8,13-20H2. The summed E-state index contributed by atoms with van der Waals surface area (Å²) in [5.41, 5.74) is 0. The van der Waals surface area contributed by atoms with Crippen molar-refractivity contribution in [2.75, 3.05) is 39.6 Å². The van der Waals surface area contributed by atoms with Crippen LogP contribution < -0.4 is 8.85 Å². The van der Waals surface area contributed by atoms with Crippen molar-refractivity contribution >= 4 is 8.56 Å². The van der Waals surface area contributed by atoms with Crippen LogP contribution in [-0.2, 0) is 18.9 Å². The smallest absolute Gasteiger partial charge is 0.460 e. The minimum Gasteiger partial charge on any atom is -0.512 e. The molecule has 2 aliphatic rings. The highest BCUT2D eigenvalue weighted by Crippen LogP contribution is 2.29. The van der Waals surface area contributed by atoms with Gasteiger partial charge in [-0.2, -0.15) is 0 Å². The maximum absolute atomic E-state index is 6.64. The molecule has 0 radical (unpaired) electrons. The summed E-state index contributed by atoms with van der Waals surface area (Å²) in [5, 5.41) is 0. The van der Waals surface area contributed by atoms with E-state index in [1.54, 1.807) is 0 Å². The van der Waals surface area contributed by atoms with E-state index in [1.807, 2.05) is 60.7 Å². The minimum absolute atomic E-state index is 0.288. The first-order valence-corrected chi connectivity index (χ1v) is 13.4. The van der Waals surface area contributed by atoms with Crippen molar-refractivity contribution in [1.82, 2.24) is 0 Å². The van der Waals surface area contributed by atoms with Gasteiger partial charge >= 0.3 is 8.56 Å². The van der Waals surface area contributed by atoms with Crippen molar-refractivity contribution in [2.24, 2.45) is 0 Å². The predicted octanol–water partition coefficient (Wildman–Crippen LogP) is 4.20. The van der Waals surface area contributed by atoms with Crippen molar-refractivity contribution in [1.29, 1.82) is 0 Å². The van der Waals surface area contributed by atoms with Crippen LogP contribution >= 0.6 is 0 Å². The molecule has 0 spiro atoms. The van der Waals surface area contributed by atoms with Gasteiger partial charge in [0.1, 0.15) is 23.7 Å². The highest BCUT2D eigenvalue weighted by molar-refractivity contribution is 6.68. The van der Waals surface area contributed by atoms with Crippen LogP contribution in [0.3, 0.4) is 0 Å². The maximum Gasteiger partial charge on any atom is 0.460 e. The van der Waals surface area contributed by atoms with Crippen molar-refractivity contribution in [3.63, 3.8) is 0 Å².